The predicted molar refractivity (Wildman–Crippen MR) is 127 cm³/mol. The first-order valence-electron chi connectivity index (χ1n) is 10.4. The fraction of sp³-hybridized carbons (Fsp3) is 0.120. The Kier molecular flexibility index (Phi) is 5.51. The summed E-state index contributed by atoms with van der Waals surface area (Å²) >= 11 is 1.40. The van der Waals surface area contributed by atoms with Gasteiger partial charge < -0.3 is 0 Å². The molecule has 0 saturated heterocycles. The van der Waals surface area contributed by atoms with Gasteiger partial charge in [0.05, 0.1) is 11.3 Å². The van der Waals surface area contributed by atoms with Gasteiger partial charge >= 0.3 is 0 Å². The summed E-state index contributed by atoms with van der Waals surface area (Å²) < 4.78 is 17.9. The molecule has 0 aliphatic carbocycles. The van der Waals surface area contributed by atoms with Crippen LogP contribution in [0.3, 0.4) is 0 Å². The zero-order valence-electron chi connectivity index (χ0n) is 18.1. The van der Waals surface area contributed by atoms with Crippen LogP contribution >= 0.6 is 11.8 Å². The normalized spacial score (nSPS) is 11.2. The van der Waals surface area contributed by atoms with Crippen LogP contribution < -0.4 is 5.56 Å². The van der Waals surface area contributed by atoms with Gasteiger partial charge in [-0.3, -0.25) is 13.8 Å². The maximum atomic E-state index is 14.6. The van der Waals surface area contributed by atoms with Gasteiger partial charge in [-0.1, -0.05) is 41.6 Å². The summed E-state index contributed by atoms with van der Waals surface area (Å²) in [6.45, 7) is 3.97. The maximum absolute atomic E-state index is 14.6. The van der Waals surface area contributed by atoms with E-state index in [9.17, 15) is 9.18 Å². The van der Waals surface area contributed by atoms with Gasteiger partial charge in [-0.2, -0.15) is 0 Å². The van der Waals surface area contributed by atoms with Crippen LogP contribution in [0, 0.1) is 19.7 Å². The second kappa shape index (κ2) is 8.63. The Morgan fingerprint density at radius 2 is 1.73 bits per heavy atom. The summed E-state index contributed by atoms with van der Waals surface area (Å²) in [5.41, 5.74) is 4.45. The molecule has 3 heterocycles. The van der Waals surface area contributed by atoms with Crippen molar-refractivity contribution >= 4 is 17.4 Å². The van der Waals surface area contributed by atoms with E-state index in [0.29, 0.717) is 33.6 Å². The lowest BCUT2D eigenvalue weighted by Crippen LogP contribution is -2.15. The second-order valence-corrected chi connectivity index (χ2v) is 8.71. The Bertz CT molecular complexity index is 1520. The van der Waals surface area contributed by atoms with Crippen molar-refractivity contribution in [2.24, 2.45) is 0 Å². The number of pyridine rings is 1. The third-order valence-electron chi connectivity index (χ3n) is 5.27. The molecule has 0 bridgehead atoms. The monoisotopic (exact) mass is 457 g/mol. The van der Waals surface area contributed by atoms with Crippen molar-refractivity contribution < 1.29 is 4.39 Å². The van der Waals surface area contributed by atoms with E-state index in [0.717, 1.165) is 16.8 Å². The van der Waals surface area contributed by atoms with Crippen LogP contribution in [0.5, 0.6) is 0 Å². The van der Waals surface area contributed by atoms with Crippen molar-refractivity contribution in [1.29, 1.82) is 0 Å². The molecular formula is C25H20FN5OS. The number of halogens is 1. The third-order valence-corrected chi connectivity index (χ3v) is 6.23. The highest BCUT2D eigenvalue weighted by molar-refractivity contribution is 7.98. The van der Waals surface area contributed by atoms with Crippen LogP contribution in [0.2, 0.25) is 0 Å². The maximum Gasteiger partial charge on any atom is 0.258 e. The standard InChI is InChI=1S/C25H20FN5OS/c1-16-7-9-19(10-8-16)31-24(20-5-3-4-6-21(20)26)28-29-25(31)33-15-18-14-23(32)30-12-11-17(2)13-22(30)27-18/h3-14H,15H2,1-2H3. The van der Waals surface area contributed by atoms with E-state index in [1.54, 1.807) is 24.4 Å². The molecule has 3 aromatic heterocycles. The largest absolute Gasteiger partial charge is 0.270 e. The summed E-state index contributed by atoms with van der Waals surface area (Å²) in [4.78, 5) is 17.1. The van der Waals surface area contributed by atoms with Crippen LogP contribution in [0.1, 0.15) is 16.8 Å². The average molecular weight is 458 g/mol. The van der Waals surface area contributed by atoms with E-state index in [-0.39, 0.29) is 11.4 Å². The first kappa shape index (κ1) is 21.1. The molecule has 5 rings (SSSR count). The molecule has 33 heavy (non-hydrogen) atoms. The molecule has 0 unspecified atom stereocenters. The molecule has 0 spiro atoms. The molecule has 0 N–H and O–H groups in total. The van der Waals surface area contributed by atoms with Crippen LogP contribution in [0.25, 0.3) is 22.7 Å². The summed E-state index contributed by atoms with van der Waals surface area (Å²) in [6.07, 6.45) is 1.73. The van der Waals surface area contributed by atoms with E-state index in [1.165, 1.54) is 28.3 Å². The number of fused-ring (bicyclic) bond motifs is 1. The number of aryl methyl sites for hydroxylation is 2. The molecule has 6 nitrogen and oxygen atoms in total. The van der Waals surface area contributed by atoms with Gasteiger partial charge in [0.15, 0.2) is 11.0 Å². The average Bonchev–Trinajstić information content (AvgIpc) is 3.22. The minimum Gasteiger partial charge on any atom is -0.270 e. The van der Waals surface area contributed by atoms with Gasteiger partial charge in [0.2, 0.25) is 0 Å². The van der Waals surface area contributed by atoms with Crippen molar-refractivity contribution in [1.82, 2.24) is 24.1 Å². The quantitative estimate of drug-likeness (QED) is 0.348. The Labute approximate surface area is 193 Å². The fourth-order valence-corrected chi connectivity index (χ4v) is 4.42. The molecule has 0 aliphatic heterocycles. The Morgan fingerprint density at radius 3 is 2.52 bits per heavy atom. The van der Waals surface area contributed by atoms with Gasteiger partial charge in [0, 0.05) is 23.7 Å². The molecule has 0 amide bonds. The number of hydrogen-bond acceptors (Lipinski definition) is 5. The van der Waals surface area contributed by atoms with Gasteiger partial charge in [-0.15, -0.1) is 10.2 Å². The zero-order valence-corrected chi connectivity index (χ0v) is 18.9. The van der Waals surface area contributed by atoms with E-state index >= 15 is 0 Å². The topological polar surface area (TPSA) is 65.1 Å². The SMILES string of the molecule is Cc1ccc(-n2c(SCc3cc(=O)n4ccc(C)cc4n3)nnc2-c2ccccc2F)cc1. The highest BCUT2D eigenvalue weighted by atomic mass is 32.2. The Morgan fingerprint density at radius 1 is 0.939 bits per heavy atom. The smallest absolute Gasteiger partial charge is 0.258 e. The molecule has 0 radical (unpaired) electrons. The van der Waals surface area contributed by atoms with Gasteiger partial charge in [-0.05, 0) is 55.8 Å². The molecule has 0 fully saturated rings. The lowest BCUT2D eigenvalue weighted by molar-refractivity contribution is 0.629. The molecule has 0 aliphatic rings. The highest BCUT2D eigenvalue weighted by Crippen LogP contribution is 2.30. The third kappa shape index (κ3) is 4.17. The molecule has 2 aromatic carbocycles. The molecule has 164 valence electrons. The number of nitrogens with zero attached hydrogens (tertiary/aromatic N) is 5. The van der Waals surface area contributed by atoms with Gasteiger partial charge in [0.1, 0.15) is 11.5 Å². The van der Waals surface area contributed by atoms with E-state index in [1.807, 2.05) is 54.8 Å². The van der Waals surface area contributed by atoms with Gasteiger partial charge in [-0.25, -0.2) is 9.37 Å². The molecule has 0 saturated carbocycles. The van der Waals surface area contributed by atoms with E-state index in [2.05, 4.69) is 15.2 Å². The molecule has 0 atom stereocenters. The molecule has 5 aromatic rings. The number of hydrogen-bond donors (Lipinski definition) is 0. The Hall–Kier alpha value is -3.78. The highest BCUT2D eigenvalue weighted by Gasteiger charge is 2.19. The minimum absolute atomic E-state index is 0.136. The summed E-state index contributed by atoms with van der Waals surface area (Å²) in [6, 6.07) is 19.7. The van der Waals surface area contributed by atoms with Crippen molar-refractivity contribution in [2.45, 2.75) is 24.8 Å². The van der Waals surface area contributed by atoms with E-state index in [4.69, 9.17) is 0 Å². The summed E-state index contributed by atoms with van der Waals surface area (Å²) in [7, 11) is 0. The second-order valence-electron chi connectivity index (χ2n) is 7.76. The lowest BCUT2D eigenvalue weighted by atomic mass is 10.2. The number of aromatic nitrogens is 5. The van der Waals surface area contributed by atoms with Crippen molar-refractivity contribution in [3.05, 3.63) is 106 Å². The van der Waals surface area contributed by atoms with Crippen LogP contribution in [-0.4, -0.2) is 24.1 Å². The molecular weight excluding hydrogens is 437 g/mol. The first-order chi connectivity index (χ1) is 16.0. The molecule has 8 heteroatoms. The zero-order chi connectivity index (χ0) is 22.9. The van der Waals surface area contributed by atoms with Crippen LogP contribution in [0.4, 0.5) is 4.39 Å². The van der Waals surface area contributed by atoms with E-state index < -0.39 is 0 Å². The minimum atomic E-state index is -0.366. The Balaban J connectivity index is 1.55. The summed E-state index contributed by atoms with van der Waals surface area (Å²) in [5.74, 6) is 0.469. The van der Waals surface area contributed by atoms with Crippen LogP contribution in [-0.2, 0) is 5.75 Å². The number of benzene rings is 2. The number of thioether (sulfide) groups is 1. The van der Waals surface area contributed by atoms with Crippen molar-refractivity contribution in [3.8, 4) is 17.1 Å². The fourth-order valence-electron chi connectivity index (χ4n) is 3.57. The summed E-state index contributed by atoms with van der Waals surface area (Å²) in [5, 5.41) is 9.23. The number of rotatable bonds is 5. The van der Waals surface area contributed by atoms with Crippen molar-refractivity contribution in [2.75, 3.05) is 0 Å². The lowest BCUT2D eigenvalue weighted by Gasteiger charge is -2.11. The van der Waals surface area contributed by atoms with Crippen LogP contribution in [0.15, 0.2) is 82.9 Å². The predicted octanol–water partition coefficient (Wildman–Crippen LogP) is 4.99. The first-order valence-corrected chi connectivity index (χ1v) is 11.4. The van der Waals surface area contributed by atoms with Gasteiger partial charge in [0.25, 0.3) is 5.56 Å². The van der Waals surface area contributed by atoms with Crippen molar-refractivity contribution in [3.63, 3.8) is 0 Å².